The predicted octanol–water partition coefficient (Wildman–Crippen LogP) is 3.16. The van der Waals surface area contributed by atoms with Gasteiger partial charge in [0.2, 0.25) is 5.91 Å². The van der Waals surface area contributed by atoms with Crippen LogP contribution in [0.15, 0.2) is 41.2 Å². The van der Waals surface area contributed by atoms with Crippen molar-refractivity contribution in [3.8, 4) is 5.75 Å². The largest absolute Gasteiger partial charge is 0.489 e. The standard InChI is InChI=1S/C23H26ClFN4O4/c1-14(30)26-20-10-15(24)2-5-22(20)33-13-18(31)12-28-8-6-17(7-9-28)29-21-4-3-16(25)11-19(21)27-23(29)32/h2-5,10-11,17-18,31H,6-9,12-13H2,1H3,(H,26,30)(H,27,32). The lowest BCUT2D eigenvalue weighted by molar-refractivity contribution is -0.114. The van der Waals surface area contributed by atoms with Gasteiger partial charge in [0.25, 0.3) is 0 Å². The number of nitrogens with zero attached hydrogens (tertiary/aromatic N) is 2. The molecule has 33 heavy (non-hydrogen) atoms. The van der Waals surface area contributed by atoms with Crippen LogP contribution in [0, 0.1) is 5.82 Å². The molecule has 0 aliphatic carbocycles. The number of carbonyl (C=O) groups is 1. The van der Waals surface area contributed by atoms with Gasteiger partial charge in [0.1, 0.15) is 24.3 Å². The van der Waals surface area contributed by atoms with Crippen LogP contribution in [0.5, 0.6) is 5.75 Å². The highest BCUT2D eigenvalue weighted by Gasteiger charge is 2.25. The zero-order valence-electron chi connectivity index (χ0n) is 18.2. The zero-order chi connectivity index (χ0) is 23.5. The number of halogens is 2. The van der Waals surface area contributed by atoms with Gasteiger partial charge in [0, 0.05) is 37.6 Å². The summed E-state index contributed by atoms with van der Waals surface area (Å²) in [6, 6.07) is 9.22. The van der Waals surface area contributed by atoms with E-state index in [0.717, 1.165) is 12.8 Å². The molecule has 3 aromatic rings. The second kappa shape index (κ2) is 9.94. The first-order valence-electron chi connectivity index (χ1n) is 10.8. The fourth-order valence-electron chi connectivity index (χ4n) is 4.28. The average molecular weight is 477 g/mol. The summed E-state index contributed by atoms with van der Waals surface area (Å²) < 4.78 is 20.9. The van der Waals surface area contributed by atoms with Gasteiger partial charge in [-0.2, -0.15) is 0 Å². The Labute approximate surface area is 194 Å². The predicted molar refractivity (Wildman–Crippen MR) is 124 cm³/mol. The van der Waals surface area contributed by atoms with Crippen molar-refractivity contribution in [2.24, 2.45) is 0 Å². The lowest BCUT2D eigenvalue weighted by atomic mass is 10.0. The molecule has 1 unspecified atom stereocenters. The Morgan fingerprint density at radius 2 is 2.06 bits per heavy atom. The highest BCUT2D eigenvalue weighted by Crippen LogP contribution is 2.29. The van der Waals surface area contributed by atoms with Crippen LogP contribution in [0.4, 0.5) is 10.1 Å². The van der Waals surface area contributed by atoms with E-state index in [2.05, 4.69) is 15.2 Å². The van der Waals surface area contributed by atoms with Gasteiger partial charge >= 0.3 is 5.69 Å². The van der Waals surface area contributed by atoms with Crippen LogP contribution in [0.2, 0.25) is 5.02 Å². The number of imidazole rings is 1. The van der Waals surface area contributed by atoms with Crippen LogP contribution in [0.3, 0.4) is 0 Å². The van der Waals surface area contributed by atoms with Crippen molar-refractivity contribution >= 4 is 34.2 Å². The first-order chi connectivity index (χ1) is 15.8. The summed E-state index contributed by atoms with van der Waals surface area (Å²) in [6.07, 6.45) is 0.741. The molecule has 1 aromatic heterocycles. The topological polar surface area (TPSA) is 99.6 Å². The number of aromatic nitrogens is 2. The summed E-state index contributed by atoms with van der Waals surface area (Å²) in [5, 5.41) is 13.6. The average Bonchev–Trinajstić information content (AvgIpc) is 3.08. The molecule has 0 bridgehead atoms. The van der Waals surface area contributed by atoms with Gasteiger partial charge in [-0.1, -0.05) is 11.6 Å². The first-order valence-corrected chi connectivity index (χ1v) is 11.2. The van der Waals surface area contributed by atoms with Crippen LogP contribution >= 0.6 is 11.6 Å². The number of aromatic amines is 1. The van der Waals surface area contributed by atoms with Crippen LogP contribution < -0.4 is 15.7 Å². The quantitative estimate of drug-likeness (QED) is 0.486. The van der Waals surface area contributed by atoms with Gasteiger partial charge in [-0.3, -0.25) is 9.36 Å². The summed E-state index contributed by atoms with van der Waals surface area (Å²) in [5.41, 5.74) is 1.41. The number of ether oxygens (including phenoxy) is 1. The molecule has 1 saturated heterocycles. The Kier molecular flexibility index (Phi) is 7.02. The van der Waals surface area contributed by atoms with Gasteiger partial charge in [0.05, 0.1) is 16.7 Å². The second-order valence-corrected chi connectivity index (χ2v) is 8.72. The van der Waals surface area contributed by atoms with E-state index >= 15 is 0 Å². The van der Waals surface area contributed by atoms with E-state index in [0.29, 0.717) is 47.1 Å². The minimum absolute atomic E-state index is 0.00985. The molecule has 176 valence electrons. The Morgan fingerprint density at radius 3 is 2.79 bits per heavy atom. The van der Waals surface area contributed by atoms with Gasteiger partial charge in [-0.15, -0.1) is 0 Å². The van der Waals surface area contributed by atoms with Crippen molar-refractivity contribution in [1.29, 1.82) is 0 Å². The number of piperidine rings is 1. The van der Waals surface area contributed by atoms with Crippen molar-refractivity contribution < 1.29 is 19.0 Å². The first kappa shape index (κ1) is 23.3. The van der Waals surface area contributed by atoms with E-state index in [-0.39, 0.29) is 30.1 Å². The summed E-state index contributed by atoms with van der Waals surface area (Å²) in [5.74, 6) is -0.197. The number of amides is 1. The van der Waals surface area contributed by atoms with E-state index in [1.54, 1.807) is 28.8 Å². The number of carbonyl (C=O) groups excluding carboxylic acids is 1. The maximum Gasteiger partial charge on any atom is 0.326 e. The Bertz CT molecular complexity index is 1200. The van der Waals surface area contributed by atoms with Crippen LogP contribution in [0.1, 0.15) is 25.8 Å². The van der Waals surface area contributed by atoms with Crippen LogP contribution in [0.25, 0.3) is 11.0 Å². The van der Waals surface area contributed by atoms with Gasteiger partial charge < -0.3 is 25.0 Å². The van der Waals surface area contributed by atoms with E-state index in [4.69, 9.17) is 16.3 Å². The van der Waals surface area contributed by atoms with Gasteiger partial charge in [-0.25, -0.2) is 9.18 Å². The summed E-state index contributed by atoms with van der Waals surface area (Å²) >= 11 is 5.99. The number of aliphatic hydroxyl groups is 1. The maximum atomic E-state index is 13.5. The highest BCUT2D eigenvalue weighted by molar-refractivity contribution is 6.31. The number of benzene rings is 2. The van der Waals surface area contributed by atoms with Crippen molar-refractivity contribution in [3.63, 3.8) is 0 Å². The third-order valence-electron chi connectivity index (χ3n) is 5.75. The lowest BCUT2D eigenvalue weighted by Crippen LogP contribution is -2.42. The number of hydrogen-bond donors (Lipinski definition) is 3. The van der Waals surface area contributed by atoms with E-state index < -0.39 is 6.10 Å². The number of rotatable bonds is 7. The van der Waals surface area contributed by atoms with Gasteiger partial charge in [-0.05, 0) is 49.2 Å². The third-order valence-corrected chi connectivity index (χ3v) is 5.99. The number of aliphatic hydroxyl groups excluding tert-OH is 1. The third kappa shape index (κ3) is 5.55. The lowest BCUT2D eigenvalue weighted by Gasteiger charge is -2.33. The number of H-pyrrole nitrogens is 1. The van der Waals surface area contributed by atoms with Crippen molar-refractivity contribution in [2.45, 2.75) is 31.9 Å². The van der Waals surface area contributed by atoms with Crippen molar-refractivity contribution in [1.82, 2.24) is 14.5 Å². The molecule has 2 aromatic carbocycles. The normalized spacial score (nSPS) is 16.1. The number of hydrogen-bond acceptors (Lipinski definition) is 5. The van der Waals surface area contributed by atoms with E-state index in [1.165, 1.54) is 19.1 Å². The molecule has 0 saturated carbocycles. The summed E-state index contributed by atoms with van der Waals surface area (Å²) in [7, 11) is 0. The molecule has 1 atom stereocenters. The molecule has 10 heteroatoms. The summed E-state index contributed by atoms with van der Waals surface area (Å²) in [6.45, 7) is 3.29. The second-order valence-electron chi connectivity index (χ2n) is 8.28. The molecule has 2 heterocycles. The minimum Gasteiger partial charge on any atom is -0.489 e. The van der Waals surface area contributed by atoms with Crippen molar-refractivity contribution in [3.05, 3.63) is 57.7 Å². The number of fused-ring (bicyclic) bond motifs is 1. The minimum atomic E-state index is -0.735. The molecule has 0 spiro atoms. The monoisotopic (exact) mass is 476 g/mol. The summed E-state index contributed by atoms with van der Waals surface area (Å²) in [4.78, 5) is 28.7. The number of nitrogens with one attached hydrogen (secondary N) is 2. The Hall–Kier alpha value is -2.88. The number of likely N-dealkylation sites (tertiary alicyclic amines) is 1. The molecule has 1 amide bonds. The molecule has 3 N–H and O–H groups in total. The molecular weight excluding hydrogens is 451 g/mol. The molecule has 8 nitrogen and oxygen atoms in total. The highest BCUT2D eigenvalue weighted by atomic mass is 35.5. The molecule has 1 aliphatic heterocycles. The fraction of sp³-hybridized carbons (Fsp3) is 0.391. The molecule has 0 radical (unpaired) electrons. The van der Waals surface area contributed by atoms with Crippen LogP contribution in [-0.2, 0) is 4.79 Å². The number of β-amino-alcohol motifs (C(OH)–C–C–N with tert-alkyl or cyclic N) is 1. The Balaban J connectivity index is 1.31. The maximum absolute atomic E-state index is 13.5. The van der Waals surface area contributed by atoms with Crippen molar-refractivity contribution in [2.75, 3.05) is 31.6 Å². The number of anilines is 1. The smallest absolute Gasteiger partial charge is 0.326 e. The zero-order valence-corrected chi connectivity index (χ0v) is 18.9. The molecule has 1 aliphatic rings. The fourth-order valence-corrected chi connectivity index (χ4v) is 4.45. The van der Waals surface area contributed by atoms with E-state index in [9.17, 15) is 19.1 Å². The molecule has 1 fully saturated rings. The Morgan fingerprint density at radius 1 is 1.30 bits per heavy atom. The molecular formula is C23H26ClFN4O4. The molecule has 4 rings (SSSR count). The SMILES string of the molecule is CC(=O)Nc1cc(Cl)ccc1OCC(O)CN1CCC(n2c(=O)[nH]c3cc(F)ccc32)CC1. The van der Waals surface area contributed by atoms with Gasteiger partial charge in [0.15, 0.2) is 0 Å². The van der Waals surface area contributed by atoms with E-state index in [1.807, 2.05) is 0 Å². The van der Waals surface area contributed by atoms with Crippen LogP contribution in [-0.4, -0.2) is 57.8 Å².